The summed E-state index contributed by atoms with van der Waals surface area (Å²) in [4.78, 5) is 25.1. The lowest BCUT2D eigenvalue weighted by atomic mass is 9.95. The minimum absolute atomic E-state index is 0.228. The van der Waals surface area contributed by atoms with Crippen LogP contribution in [-0.2, 0) is 14.3 Å². The quantitative estimate of drug-likeness (QED) is 0.152. The number of halogens is 1. The lowest BCUT2D eigenvalue weighted by molar-refractivity contribution is -0.139. The third-order valence-electron chi connectivity index (χ3n) is 5.29. The summed E-state index contributed by atoms with van der Waals surface area (Å²) in [6, 6.07) is 10.0. The molecule has 0 spiro atoms. The minimum atomic E-state index is -0.617. The van der Waals surface area contributed by atoms with E-state index in [-0.39, 0.29) is 13.2 Å². The first-order chi connectivity index (χ1) is 18.3. The molecule has 0 radical (unpaired) electrons. The van der Waals surface area contributed by atoms with Crippen LogP contribution in [0.2, 0.25) is 0 Å². The molecule has 3 N–H and O–H groups in total. The Balaban J connectivity index is 1.71. The first kappa shape index (κ1) is 28.9. The van der Waals surface area contributed by atoms with E-state index in [1.165, 1.54) is 6.21 Å². The zero-order valence-electron chi connectivity index (χ0n) is 21.4. The lowest BCUT2D eigenvalue weighted by Crippen LogP contribution is -2.45. The highest BCUT2D eigenvalue weighted by atomic mass is 79.9. The molecular weight excluding hydrogens is 576 g/mol. The first-order valence-corrected chi connectivity index (χ1v) is 13.0. The number of hydrazone groups is 1. The molecule has 1 atom stereocenters. The van der Waals surface area contributed by atoms with Gasteiger partial charge in [0.2, 0.25) is 0 Å². The molecule has 1 aliphatic rings. The number of allylic oxidation sites excluding steroid dienone is 1. The van der Waals surface area contributed by atoms with E-state index in [2.05, 4.69) is 37.1 Å². The largest absolute Gasteiger partial charge is 0.492 e. The van der Waals surface area contributed by atoms with Crippen LogP contribution in [-0.4, -0.2) is 50.1 Å². The molecule has 0 aromatic heterocycles. The van der Waals surface area contributed by atoms with Gasteiger partial charge in [-0.25, -0.2) is 10.2 Å². The van der Waals surface area contributed by atoms with Gasteiger partial charge in [0.25, 0.3) is 5.91 Å². The summed E-state index contributed by atoms with van der Waals surface area (Å²) < 4.78 is 22.7. The van der Waals surface area contributed by atoms with Crippen LogP contribution in [0.25, 0.3) is 0 Å². The number of para-hydroxylation sites is 1. The van der Waals surface area contributed by atoms with Crippen molar-refractivity contribution in [3.8, 4) is 17.2 Å². The van der Waals surface area contributed by atoms with Crippen LogP contribution in [0.3, 0.4) is 0 Å². The van der Waals surface area contributed by atoms with Gasteiger partial charge in [0.05, 0.1) is 42.6 Å². The molecule has 1 aliphatic heterocycles. The number of benzene rings is 2. The summed E-state index contributed by atoms with van der Waals surface area (Å²) in [6.07, 6.45) is 1.48. The zero-order valence-corrected chi connectivity index (χ0v) is 23.8. The predicted octanol–water partition coefficient (Wildman–Crippen LogP) is 3.74. The molecule has 38 heavy (non-hydrogen) atoms. The molecule has 0 fully saturated rings. The Bertz CT molecular complexity index is 1270. The second-order valence-corrected chi connectivity index (χ2v) is 9.14. The molecule has 3 rings (SSSR count). The van der Waals surface area contributed by atoms with Crippen molar-refractivity contribution in [2.24, 2.45) is 5.10 Å². The predicted molar refractivity (Wildman–Crippen MR) is 150 cm³/mol. The summed E-state index contributed by atoms with van der Waals surface area (Å²) in [6.45, 7) is 5.75. The fourth-order valence-corrected chi connectivity index (χ4v) is 4.63. The number of rotatable bonds is 11. The standard InChI is InChI=1S/C26H29BrN4O6S/c1-5-35-20-12-16(11-18(27)24(20)34-4)13-28-31-21(32)14-37-19-10-8-7-9-17(19)23-22(25(33)36-6-2)15(3)29-26(38)30-23/h7-13,23H,5-6,14H2,1-4H3,(H,31,32)(H2,29,30,38)/t23-/m0/s1. The molecule has 1 heterocycles. The number of hydrogen-bond donors (Lipinski definition) is 3. The SMILES string of the molecule is CCOC(=O)C1=C(C)NC(=S)N[C@H]1c1ccccc1OCC(=O)NN=Cc1cc(Br)c(OC)c(OCC)c1. The molecular formula is C26H29BrN4O6S. The van der Waals surface area contributed by atoms with E-state index in [9.17, 15) is 9.59 Å². The van der Waals surface area contributed by atoms with Crippen LogP contribution in [0.1, 0.15) is 37.9 Å². The Morgan fingerprint density at radius 3 is 2.63 bits per heavy atom. The maximum Gasteiger partial charge on any atom is 0.338 e. The molecule has 2 aromatic rings. The Labute approximate surface area is 234 Å². The Morgan fingerprint density at radius 1 is 1.16 bits per heavy atom. The van der Waals surface area contributed by atoms with Crippen molar-refractivity contribution in [3.63, 3.8) is 0 Å². The number of nitrogens with zero attached hydrogens (tertiary/aromatic N) is 1. The van der Waals surface area contributed by atoms with E-state index in [1.54, 1.807) is 57.4 Å². The van der Waals surface area contributed by atoms with Gasteiger partial charge < -0.3 is 29.6 Å². The third kappa shape index (κ3) is 7.23. The topological polar surface area (TPSA) is 120 Å². The van der Waals surface area contributed by atoms with Gasteiger partial charge in [0.1, 0.15) is 5.75 Å². The van der Waals surface area contributed by atoms with E-state index in [0.717, 1.165) is 0 Å². The van der Waals surface area contributed by atoms with Crippen LogP contribution < -0.4 is 30.3 Å². The fourth-order valence-electron chi connectivity index (χ4n) is 3.73. The molecule has 12 heteroatoms. The average molecular weight is 606 g/mol. The van der Waals surface area contributed by atoms with Crippen molar-refractivity contribution in [3.05, 3.63) is 63.3 Å². The minimum Gasteiger partial charge on any atom is -0.492 e. The summed E-state index contributed by atoms with van der Waals surface area (Å²) in [5.74, 6) is 0.579. The number of amides is 1. The van der Waals surface area contributed by atoms with E-state index in [0.29, 0.717) is 55.8 Å². The van der Waals surface area contributed by atoms with Crippen molar-refractivity contribution in [2.45, 2.75) is 26.8 Å². The van der Waals surface area contributed by atoms with Crippen molar-refractivity contribution in [1.82, 2.24) is 16.1 Å². The molecule has 0 bridgehead atoms. The normalized spacial score (nSPS) is 15.0. The molecule has 0 aliphatic carbocycles. The number of thiocarbonyl (C=S) groups is 1. The number of nitrogens with one attached hydrogen (secondary N) is 3. The molecule has 0 unspecified atom stereocenters. The van der Waals surface area contributed by atoms with Gasteiger partial charge in [-0.15, -0.1) is 0 Å². The molecule has 1 amide bonds. The molecule has 0 saturated heterocycles. The Hall–Kier alpha value is -3.64. The molecule has 202 valence electrons. The average Bonchev–Trinajstić information content (AvgIpc) is 2.87. The van der Waals surface area contributed by atoms with Gasteiger partial charge in [-0.2, -0.15) is 5.10 Å². The molecule has 2 aromatic carbocycles. The van der Waals surface area contributed by atoms with Gasteiger partial charge in [-0.3, -0.25) is 4.79 Å². The smallest absolute Gasteiger partial charge is 0.338 e. The van der Waals surface area contributed by atoms with Crippen molar-refractivity contribution in [2.75, 3.05) is 26.9 Å². The molecule has 10 nitrogen and oxygen atoms in total. The van der Waals surface area contributed by atoms with Crippen molar-refractivity contribution < 1.29 is 28.5 Å². The highest BCUT2D eigenvalue weighted by molar-refractivity contribution is 9.10. The van der Waals surface area contributed by atoms with Gasteiger partial charge in [0.15, 0.2) is 23.2 Å². The summed E-state index contributed by atoms with van der Waals surface area (Å²) in [7, 11) is 1.55. The van der Waals surface area contributed by atoms with E-state index >= 15 is 0 Å². The maximum absolute atomic E-state index is 12.7. The van der Waals surface area contributed by atoms with E-state index in [1.807, 2.05) is 6.92 Å². The van der Waals surface area contributed by atoms with Gasteiger partial charge in [-0.1, -0.05) is 18.2 Å². The highest BCUT2D eigenvalue weighted by Crippen LogP contribution is 2.36. The number of hydrogen-bond acceptors (Lipinski definition) is 8. The second-order valence-electron chi connectivity index (χ2n) is 7.88. The summed E-state index contributed by atoms with van der Waals surface area (Å²) in [5.41, 5.74) is 4.72. The van der Waals surface area contributed by atoms with Gasteiger partial charge >= 0.3 is 5.97 Å². The fraction of sp³-hybridized carbons (Fsp3) is 0.308. The van der Waals surface area contributed by atoms with Gasteiger partial charge in [-0.05, 0) is 72.7 Å². The Morgan fingerprint density at radius 2 is 1.92 bits per heavy atom. The highest BCUT2D eigenvalue weighted by Gasteiger charge is 2.32. The van der Waals surface area contributed by atoms with Crippen LogP contribution in [0.4, 0.5) is 0 Å². The van der Waals surface area contributed by atoms with Crippen LogP contribution in [0.15, 0.2) is 57.2 Å². The van der Waals surface area contributed by atoms with Gasteiger partial charge in [0, 0.05) is 11.3 Å². The third-order valence-corrected chi connectivity index (χ3v) is 6.10. The van der Waals surface area contributed by atoms with Crippen LogP contribution in [0, 0.1) is 0 Å². The lowest BCUT2D eigenvalue weighted by Gasteiger charge is -2.30. The second kappa shape index (κ2) is 13.8. The van der Waals surface area contributed by atoms with Crippen molar-refractivity contribution >= 4 is 51.4 Å². The maximum atomic E-state index is 12.7. The number of esters is 1. The Kier molecular flexibility index (Phi) is 10.5. The zero-order chi connectivity index (χ0) is 27.7. The van der Waals surface area contributed by atoms with E-state index in [4.69, 9.17) is 31.2 Å². The first-order valence-electron chi connectivity index (χ1n) is 11.8. The number of carbonyl (C=O) groups is 2. The summed E-state index contributed by atoms with van der Waals surface area (Å²) >= 11 is 8.74. The number of methoxy groups -OCH3 is 1. The molecule has 0 saturated carbocycles. The van der Waals surface area contributed by atoms with Crippen molar-refractivity contribution in [1.29, 1.82) is 0 Å². The monoisotopic (exact) mass is 604 g/mol. The van der Waals surface area contributed by atoms with Crippen LogP contribution in [0.5, 0.6) is 17.2 Å². The van der Waals surface area contributed by atoms with E-state index < -0.39 is 17.9 Å². The number of carbonyl (C=O) groups excluding carboxylic acids is 2. The number of ether oxygens (including phenoxy) is 4. The summed E-state index contributed by atoms with van der Waals surface area (Å²) in [5, 5.41) is 10.4. The van der Waals surface area contributed by atoms with Crippen LogP contribution >= 0.6 is 28.1 Å².